The van der Waals surface area contributed by atoms with Crippen LogP contribution in [0.2, 0.25) is 5.02 Å². The largest absolute Gasteiger partial charge is 0.481 e. The van der Waals surface area contributed by atoms with Crippen molar-refractivity contribution in [2.24, 2.45) is 0 Å². The number of hydrogen-bond donors (Lipinski definition) is 2. The predicted octanol–water partition coefficient (Wildman–Crippen LogP) is 4.08. The molecule has 0 aromatic heterocycles. The van der Waals surface area contributed by atoms with E-state index in [2.05, 4.69) is 19.2 Å². The molecule has 2 N–H and O–H groups in total. The quantitative estimate of drug-likeness (QED) is 0.781. The third kappa shape index (κ3) is 5.76. The van der Waals surface area contributed by atoms with Crippen LogP contribution >= 0.6 is 11.6 Å². The number of rotatable bonds is 7. The van der Waals surface area contributed by atoms with Gasteiger partial charge in [-0.3, -0.25) is 4.79 Å². The summed E-state index contributed by atoms with van der Waals surface area (Å²) in [7, 11) is 0. The fraction of sp³-hybridized carbons (Fsp3) is 0.350. The Balaban J connectivity index is 1.85. The summed E-state index contributed by atoms with van der Waals surface area (Å²) in [6.45, 7) is 6.02. The van der Waals surface area contributed by atoms with Crippen molar-refractivity contribution >= 4 is 17.5 Å². The van der Waals surface area contributed by atoms with Crippen molar-refractivity contribution in [1.29, 1.82) is 0 Å². The molecule has 0 heterocycles. The number of aliphatic hydroxyl groups excluding tert-OH is 1. The molecule has 0 aliphatic carbocycles. The van der Waals surface area contributed by atoms with Gasteiger partial charge in [-0.05, 0) is 42.2 Å². The second-order valence-corrected chi connectivity index (χ2v) is 6.74. The molecule has 2 aromatic rings. The van der Waals surface area contributed by atoms with Gasteiger partial charge in [0.1, 0.15) is 5.75 Å². The molecule has 2 aromatic carbocycles. The lowest BCUT2D eigenvalue weighted by atomic mass is 10.00. The van der Waals surface area contributed by atoms with Crippen LogP contribution in [0, 0.1) is 0 Å². The van der Waals surface area contributed by atoms with Crippen LogP contribution < -0.4 is 10.1 Å². The summed E-state index contributed by atoms with van der Waals surface area (Å²) in [5.41, 5.74) is 1.98. The van der Waals surface area contributed by atoms with Crippen LogP contribution in [0.15, 0.2) is 48.5 Å². The Morgan fingerprint density at radius 2 is 1.76 bits per heavy atom. The van der Waals surface area contributed by atoms with E-state index in [0.717, 1.165) is 5.56 Å². The molecule has 2 unspecified atom stereocenters. The lowest BCUT2D eigenvalue weighted by Gasteiger charge is -2.17. The minimum Gasteiger partial charge on any atom is -0.481 e. The molecule has 0 spiro atoms. The zero-order chi connectivity index (χ0) is 18.4. The number of benzene rings is 2. The third-order valence-corrected chi connectivity index (χ3v) is 4.17. The average molecular weight is 362 g/mol. The maximum atomic E-state index is 12.1. The number of amides is 1. The van der Waals surface area contributed by atoms with Gasteiger partial charge in [-0.15, -0.1) is 0 Å². The summed E-state index contributed by atoms with van der Waals surface area (Å²) < 4.78 is 5.56. The third-order valence-electron chi connectivity index (χ3n) is 3.94. The van der Waals surface area contributed by atoms with Gasteiger partial charge >= 0.3 is 0 Å². The Morgan fingerprint density at radius 3 is 2.36 bits per heavy atom. The van der Waals surface area contributed by atoms with Crippen LogP contribution in [0.3, 0.4) is 0 Å². The molecule has 5 heteroatoms. The van der Waals surface area contributed by atoms with E-state index in [9.17, 15) is 9.90 Å². The minimum absolute atomic E-state index is 0.128. The summed E-state index contributed by atoms with van der Waals surface area (Å²) in [5, 5.41) is 13.5. The first kappa shape index (κ1) is 19.3. The van der Waals surface area contributed by atoms with Gasteiger partial charge in [0.05, 0.1) is 6.10 Å². The number of hydrogen-bond acceptors (Lipinski definition) is 3. The van der Waals surface area contributed by atoms with Gasteiger partial charge < -0.3 is 15.2 Å². The molecule has 4 nitrogen and oxygen atoms in total. The molecular weight excluding hydrogens is 338 g/mol. The van der Waals surface area contributed by atoms with E-state index in [1.807, 2.05) is 24.3 Å². The molecule has 2 rings (SSSR count). The van der Waals surface area contributed by atoms with Gasteiger partial charge in [0.25, 0.3) is 5.91 Å². The Labute approximate surface area is 153 Å². The maximum Gasteiger partial charge on any atom is 0.260 e. The van der Waals surface area contributed by atoms with Crippen molar-refractivity contribution in [3.05, 3.63) is 64.7 Å². The van der Waals surface area contributed by atoms with E-state index in [4.69, 9.17) is 16.3 Å². The standard InChI is InChI=1S/C20H24ClNO3/c1-13(2)15-7-9-16(10-8-15)19(23)12-22-20(24)14(3)25-18-6-4-5-17(21)11-18/h4-11,13-14,19,23H,12H2,1-3H3,(H,22,24). The van der Waals surface area contributed by atoms with Crippen molar-refractivity contribution in [2.75, 3.05) is 6.54 Å². The highest BCUT2D eigenvalue weighted by molar-refractivity contribution is 6.30. The van der Waals surface area contributed by atoms with Crippen molar-refractivity contribution in [3.8, 4) is 5.75 Å². The summed E-state index contributed by atoms with van der Waals surface area (Å²) in [5.74, 6) is 0.674. The first-order chi connectivity index (χ1) is 11.9. The van der Waals surface area contributed by atoms with Crippen molar-refractivity contribution in [3.63, 3.8) is 0 Å². The van der Waals surface area contributed by atoms with Crippen LogP contribution in [-0.4, -0.2) is 23.7 Å². The Hall–Kier alpha value is -2.04. The molecule has 134 valence electrons. The Morgan fingerprint density at radius 1 is 1.12 bits per heavy atom. The SMILES string of the molecule is CC(Oc1cccc(Cl)c1)C(=O)NCC(O)c1ccc(C(C)C)cc1. The van der Waals surface area contributed by atoms with Crippen LogP contribution in [0.5, 0.6) is 5.75 Å². The molecule has 2 atom stereocenters. The van der Waals surface area contributed by atoms with E-state index >= 15 is 0 Å². The second-order valence-electron chi connectivity index (χ2n) is 6.30. The summed E-state index contributed by atoms with van der Waals surface area (Å²) >= 11 is 5.90. The smallest absolute Gasteiger partial charge is 0.260 e. The lowest BCUT2D eigenvalue weighted by molar-refractivity contribution is -0.127. The van der Waals surface area contributed by atoms with Gasteiger partial charge in [0, 0.05) is 11.6 Å². The first-order valence-corrected chi connectivity index (χ1v) is 8.72. The van der Waals surface area contributed by atoms with Crippen molar-refractivity contribution < 1.29 is 14.6 Å². The van der Waals surface area contributed by atoms with Crippen LogP contribution in [0.4, 0.5) is 0 Å². The van der Waals surface area contributed by atoms with Gasteiger partial charge in [-0.1, -0.05) is 55.8 Å². The van der Waals surface area contributed by atoms with Crippen LogP contribution in [-0.2, 0) is 4.79 Å². The zero-order valence-corrected chi connectivity index (χ0v) is 15.5. The number of aliphatic hydroxyl groups is 1. The molecule has 0 saturated carbocycles. The van der Waals surface area contributed by atoms with Crippen LogP contribution in [0.1, 0.15) is 43.9 Å². The lowest BCUT2D eigenvalue weighted by Crippen LogP contribution is -2.38. The van der Waals surface area contributed by atoms with E-state index < -0.39 is 12.2 Å². The topological polar surface area (TPSA) is 58.6 Å². The van der Waals surface area contributed by atoms with E-state index in [1.54, 1.807) is 31.2 Å². The van der Waals surface area contributed by atoms with Crippen molar-refractivity contribution in [2.45, 2.75) is 38.9 Å². The molecule has 1 amide bonds. The Bertz CT molecular complexity index is 700. The molecule has 0 bridgehead atoms. The maximum absolute atomic E-state index is 12.1. The molecule has 0 radical (unpaired) electrons. The second kappa shape index (κ2) is 8.88. The van der Waals surface area contributed by atoms with Gasteiger partial charge in [-0.25, -0.2) is 0 Å². The van der Waals surface area contributed by atoms with E-state index in [1.165, 1.54) is 5.56 Å². The minimum atomic E-state index is -0.761. The van der Waals surface area contributed by atoms with Gasteiger partial charge in [0.15, 0.2) is 6.10 Å². The van der Waals surface area contributed by atoms with E-state index in [-0.39, 0.29) is 12.5 Å². The predicted molar refractivity (Wildman–Crippen MR) is 100 cm³/mol. The molecule has 0 aliphatic rings. The monoisotopic (exact) mass is 361 g/mol. The van der Waals surface area contributed by atoms with E-state index in [0.29, 0.717) is 16.7 Å². The van der Waals surface area contributed by atoms with Gasteiger partial charge in [0.2, 0.25) is 0 Å². The molecular formula is C20H24ClNO3. The van der Waals surface area contributed by atoms with Crippen LogP contribution in [0.25, 0.3) is 0 Å². The average Bonchev–Trinajstić information content (AvgIpc) is 2.59. The fourth-order valence-electron chi connectivity index (χ4n) is 2.36. The molecule has 0 aliphatic heterocycles. The number of nitrogens with one attached hydrogen (secondary N) is 1. The normalized spacial score (nSPS) is 13.4. The molecule has 0 fully saturated rings. The number of carbonyl (C=O) groups is 1. The first-order valence-electron chi connectivity index (χ1n) is 8.34. The number of ether oxygens (including phenoxy) is 1. The number of halogens is 1. The fourth-order valence-corrected chi connectivity index (χ4v) is 2.54. The summed E-state index contributed by atoms with van der Waals surface area (Å²) in [6.07, 6.45) is -1.45. The highest BCUT2D eigenvalue weighted by atomic mass is 35.5. The summed E-state index contributed by atoms with van der Waals surface area (Å²) in [4.78, 5) is 12.1. The number of carbonyl (C=O) groups excluding carboxylic acids is 1. The zero-order valence-electron chi connectivity index (χ0n) is 14.7. The summed E-state index contributed by atoms with van der Waals surface area (Å²) in [6, 6.07) is 14.6. The van der Waals surface area contributed by atoms with Gasteiger partial charge in [-0.2, -0.15) is 0 Å². The highest BCUT2D eigenvalue weighted by Crippen LogP contribution is 2.19. The molecule has 25 heavy (non-hydrogen) atoms. The highest BCUT2D eigenvalue weighted by Gasteiger charge is 2.17. The Kier molecular flexibility index (Phi) is 6.85. The van der Waals surface area contributed by atoms with Crippen molar-refractivity contribution in [1.82, 2.24) is 5.32 Å². The molecule has 0 saturated heterocycles.